The second-order valence-corrected chi connectivity index (χ2v) is 7.60. The molecule has 0 nitrogen and oxygen atoms in total. The van der Waals surface area contributed by atoms with Crippen molar-refractivity contribution in [2.75, 3.05) is 0 Å². The SMILES string of the molecule is CC(C)c1c(C2=CC=CCC=C2)cccc1C1=CC2C(C)C2C=C1. The zero-order valence-electron chi connectivity index (χ0n) is 14.9. The van der Waals surface area contributed by atoms with Crippen LogP contribution in [-0.4, -0.2) is 0 Å². The molecule has 122 valence electrons. The summed E-state index contributed by atoms with van der Waals surface area (Å²) >= 11 is 0. The number of fused-ring (bicyclic) bond motifs is 1. The van der Waals surface area contributed by atoms with E-state index in [1.165, 1.54) is 27.8 Å². The molecule has 3 aliphatic carbocycles. The maximum absolute atomic E-state index is 2.51. The van der Waals surface area contributed by atoms with Crippen LogP contribution in [0.3, 0.4) is 0 Å². The third-order valence-corrected chi connectivity index (χ3v) is 5.67. The second kappa shape index (κ2) is 6.09. The van der Waals surface area contributed by atoms with E-state index in [0.717, 1.165) is 24.2 Å². The summed E-state index contributed by atoms with van der Waals surface area (Å²) in [5.41, 5.74) is 7.02. The molecule has 24 heavy (non-hydrogen) atoms. The van der Waals surface area contributed by atoms with Crippen LogP contribution in [0.1, 0.15) is 49.8 Å². The van der Waals surface area contributed by atoms with Gasteiger partial charge in [0, 0.05) is 0 Å². The molecule has 0 heterocycles. The molecule has 0 heteroatoms. The van der Waals surface area contributed by atoms with E-state index in [0.29, 0.717) is 5.92 Å². The Balaban J connectivity index is 1.83. The van der Waals surface area contributed by atoms with Crippen LogP contribution in [0.2, 0.25) is 0 Å². The Morgan fingerprint density at radius 2 is 1.75 bits per heavy atom. The van der Waals surface area contributed by atoms with E-state index in [1.807, 2.05) is 0 Å². The molecule has 3 atom stereocenters. The molecule has 3 unspecified atom stereocenters. The number of benzene rings is 1. The summed E-state index contributed by atoms with van der Waals surface area (Å²) in [7, 11) is 0. The molecule has 0 amide bonds. The van der Waals surface area contributed by atoms with Gasteiger partial charge in [-0.15, -0.1) is 0 Å². The zero-order chi connectivity index (χ0) is 16.7. The summed E-state index contributed by atoms with van der Waals surface area (Å²) in [6.45, 7) is 7.00. The first-order chi connectivity index (χ1) is 11.7. The number of allylic oxidation sites excluding steroid dienone is 10. The lowest BCUT2D eigenvalue weighted by Gasteiger charge is -2.20. The minimum absolute atomic E-state index is 0.501. The highest BCUT2D eigenvalue weighted by atomic mass is 14.5. The molecule has 0 aliphatic heterocycles. The maximum atomic E-state index is 2.51. The van der Waals surface area contributed by atoms with Gasteiger partial charge in [-0.2, -0.15) is 0 Å². The van der Waals surface area contributed by atoms with Crippen molar-refractivity contribution >= 4 is 11.1 Å². The van der Waals surface area contributed by atoms with Gasteiger partial charge in [0.1, 0.15) is 0 Å². The Bertz CT molecular complexity index is 795. The Hall–Kier alpha value is -2.08. The van der Waals surface area contributed by atoms with E-state index in [-0.39, 0.29) is 0 Å². The van der Waals surface area contributed by atoms with Crippen LogP contribution in [0.5, 0.6) is 0 Å². The summed E-state index contributed by atoms with van der Waals surface area (Å²) in [5.74, 6) is 2.87. The summed E-state index contributed by atoms with van der Waals surface area (Å²) in [6.07, 6.45) is 19.5. The van der Waals surface area contributed by atoms with Gasteiger partial charge in [-0.1, -0.05) is 87.6 Å². The topological polar surface area (TPSA) is 0 Å². The Morgan fingerprint density at radius 1 is 0.958 bits per heavy atom. The molecule has 0 bridgehead atoms. The van der Waals surface area contributed by atoms with E-state index in [2.05, 4.69) is 87.6 Å². The fraction of sp³-hybridized carbons (Fsp3) is 0.333. The van der Waals surface area contributed by atoms with Crippen molar-refractivity contribution in [2.45, 2.75) is 33.1 Å². The fourth-order valence-corrected chi connectivity index (χ4v) is 4.20. The van der Waals surface area contributed by atoms with Crippen molar-refractivity contribution in [2.24, 2.45) is 17.8 Å². The lowest BCUT2D eigenvalue weighted by molar-refractivity contribution is 0.858. The lowest BCUT2D eigenvalue weighted by atomic mass is 9.84. The summed E-state index contributed by atoms with van der Waals surface area (Å²) in [5, 5.41) is 0. The largest absolute Gasteiger partial charge is 0.0807 e. The van der Waals surface area contributed by atoms with Crippen molar-refractivity contribution in [1.82, 2.24) is 0 Å². The van der Waals surface area contributed by atoms with Crippen molar-refractivity contribution in [1.29, 1.82) is 0 Å². The number of hydrogen-bond donors (Lipinski definition) is 0. The third-order valence-electron chi connectivity index (χ3n) is 5.67. The van der Waals surface area contributed by atoms with Crippen molar-refractivity contribution < 1.29 is 0 Å². The van der Waals surface area contributed by atoms with Crippen LogP contribution in [0.15, 0.2) is 66.8 Å². The van der Waals surface area contributed by atoms with Gasteiger partial charge < -0.3 is 0 Å². The summed E-state index contributed by atoms with van der Waals surface area (Å²) in [6, 6.07) is 6.81. The Labute approximate surface area is 146 Å². The van der Waals surface area contributed by atoms with Crippen LogP contribution in [0, 0.1) is 17.8 Å². The van der Waals surface area contributed by atoms with Crippen molar-refractivity contribution in [3.8, 4) is 0 Å². The first-order valence-corrected chi connectivity index (χ1v) is 9.24. The minimum atomic E-state index is 0.501. The zero-order valence-corrected chi connectivity index (χ0v) is 14.9. The molecule has 0 aromatic heterocycles. The third kappa shape index (κ3) is 2.65. The second-order valence-electron chi connectivity index (χ2n) is 7.60. The molecular formula is C24H26. The molecule has 0 saturated heterocycles. The van der Waals surface area contributed by atoms with E-state index in [9.17, 15) is 0 Å². The molecule has 1 aromatic carbocycles. The molecule has 0 N–H and O–H groups in total. The van der Waals surface area contributed by atoms with Gasteiger partial charge in [-0.3, -0.25) is 0 Å². The average molecular weight is 314 g/mol. The first-order valence-electron chi connectivity index (χ1n) is 9.24. The van der Waals surface area contributed by atoms with E-state index >= 15 is 0 Å². The summed E-state index contributed by atoms with van der Waals surface area (Å²) in [4.78, 5) is 0. The highest BCUT2D eigenvalue weighted by Crippen LogP contribution is 2.52. The normalized spacial score (nSPS) is 27.6. The van der Waals surface area contributed by atoms with Gasteiger partial charge in [0.2, 0.25) is 0 Å². The predicted octanol–water partition coefficient (Wildman–Crippen LogP) is 6.54. The monoisotopic (exact) mass is 314 g/mol. The van der Waals surface area contributed by atoms with Crippen LogP contribution in [0.4, 0.5) is 0 Å². The van der Waals surface area contributed by atoms with E-state index < -0.39 is 0 Å². The molecule has 1 fully saturated rings. The molecule has 0 radical (unpaired) electrons. The van der Waals surface area contributed by atoms with Gasteiger partial charge in [-0.05, 0) is 57.9 Å². The maximum Gasteiger partial charge on any atom is -0.0127 e. The van der Waals surface area contributed by atoms with Crippen LogP contribution in [0.25, 0.3) is 11.1 Å². The Morgan fingerprint density at radius 3 is 2.50 bits per heavy atom. The summed E-state index contributed by atoms with van der Waals surface area (Å²) < 4.78 is 0. The predicted molar refractivity (Wildman–Crippen MR) is 105 cm³/mol. The van der Waals surface area contributed by atoms with Gasteiger partial charge in [0.25, 0.3) is 0 Å². The van der Waals surface area contributed by atoms with Gasteiger partial charge >= 0.3 is 0 Å². The van der Waals surface area contributed by atoms with Gasteiger partial charge in [-0.25, -0.2) is 0 Å². The lowest BCUT2D eigenvalue weighted by Crippen LogP contribution is -2.02. The molecule has 3 aliphatic rings. The smallest absolute Gasteiger partial charge is 0.0127 e. The quantitative estimate of drug-likeness (QED) is 0.594. The standard InChI is InChI=1S/C24H26/c1-16(2)24-21(18-9-6-4-5-7-10-18)11-8-12-22(24)19-13-14-20-17(3)23(20)15-19/h4,6-17,20,23H,5H2,1-3H3. The Kier molecular flexibility index (Phi) is 3.92. The number of rotatable bonds is 3. The highest BCUT2D eigenvalue weighted by Gasteiger charge is 2.44. The van der Waals surface area contributed by atoms with Gasteiger partial charge in [0.05, 0.1) is 0 Å². The van der Waals surface area contributed by atoms with E-state index in [1.54, 1.807) is 0 Å². The molecule has 0 spiro atoms. The van der Waals surface area contributed by atoms with Crippen molar-refractivity contribution in [3.63, 3.8) is 0 Å². The van der Waals surface area contributed by atoms with Crippen LogP contribution in [-0.2, 0) is 0 Å². The van der Waals surface area contributed by atoms with Crippen molar-refractivity contribution in [3.05, 3.63) is 83.5 Å². The fourth-order valence-electron chi connectivity index (χ4n) is 4.20. The van der Waals surface area contributed by atoms with Crippen LogP contribution < -0.4 is 0 Å². The first kappa shape index (κ1) is 15.4. The molecule has 1 aromatic rings. The van der Waals surface area contributed by atoms with E-state index in [4.69, 9.17) is 0 Å². The average Bonchev–Trinajstić information content (AvgIpc) is 3.32. The number of hydrogen-bond acceptors (Lipinski definition) is 0. The molecule has 4 rings (SSSR count). The van der Waals surface area contributed by atoms with Crippen LogP contribution >= 0.6 is 0 Å². The van der Waals surface area contributed by atoms with Gasteiger partial charge in [0.15, 0.2) is 0 Å². The molecular weight excluding hydrogens is 288 g/mol. The minimum Gasteiger partial charge on any atom is -0.0807 e. The highest BCUT2D eigenvalue weighted by molar-refractivity contribution is 5.85. The molecule has 1 saturated carbocycles.